The van der Waals surface area contributed by atoms with Crippen LogP contribution in [0.2, 0.25) is 0 Å². The zero-order chi connectivity index (χ0) is 16.4. The summed E-state index contributed by atoms with van der Waals surface area (Å²) in [5.41, 5.74) is 1.49. The van der Waals surface area contributed by atoms with Crippen molar-refractivity contribution in [1.29, 1.82) is 0 Å². The number of nitro benzene ring substituents is 1. The SMILES string of the molecule is Cc1c(C(=O)N(C)Cc2c(Br)cnn2C)cccc1[N+](=O)[O-]. The molecule has 0 fully saturated rings. The molecule has 0 saturated carbocycles. The third-order valence-electron chi connectivity index (χ3n) is 3.48. The second-order valence-corrected chi connectivity index (χ2v) is 5.79. The van der Waals surface area contributed by atoms with Crippen molar-refractivity contribution < 1.29 is 9.72 Å². The van der Waals surface area contributed by atoms with Crippen LogP contribution in [0.4, 0.5) is 5.69 Å². The number of nitro groups is 1. The monoisotopic (exact) mass is 366 g/mol. The van der Waals surface area contributed by atoms with Gasteiger partial charge in [-0.25, -0.2) is 0 Å². The lowest BCUT2D eigenvalue weighted by molar-refractivity contribution is -0.385. The van der Waals surface area contributed by atoms with Gasteiger partial charge < -0.3 is 4.90 Å². The molecule has 2 aromatic rings. The lowest BCUT2D eigenvalue weighted by Gasteiger charge is -2.18. The summed E-state index contributed by atoms with van der Waals surface area (Å²) in [5, 5.41) is 15.1. The molecule has 1 amide bonds. The Balaban J connectivity index is 2.28. The van der Waals surface area contributed by atoms with Crippen LogP contribution in [0.3, 0.4) is 0 Å². The van der Waals surface area contributed by atoms with E-state index in [-0.39, 0.29) is 11.6 Å². The Hall–Kier alpha value is -2.22. The highest BCUT2D eigenvalue weighted by atomic mass is 79.9. The van der Waals surface area contributed by atoms with E-state index in [0.29, 0.717) is 17.7 Å². The predicted molar refractivity (Wildman–Crippen MR) is 84.5 cm³/mol. The summed E-state index contributed by atoms with van der Waals surface area (Å²) in [6.45, 7) is 1.93. The Bertz CT molecular complexity index is 722. The van der Waals surface area contributed by atoms with Crippen LogP contribution in [0.1, 0.15) is 21.6 Å². The van der Waals surface area contributed by atoms with E-state index in [4.69, 9.17) is 0 Å². The van der Waals surface area contributed by atoms with Crippen molar-refractivity contribution in [1.82, 2.24) is 14.7 Å². The Labute approximate surface area is 135 Å². The van der Waals surface area contributed by atoms with E-state index in [0.717, 1.165) is 10.2 Å². The van der Waals surface area contributed by atoms with E-state index in [1.54, 1.807) is 38.0 Å². The smallest absolute Gasteiger partial charge is 0.273 e. The van der Waals surface area contributed by atoms with Gasteiger partial charge in [0.15, 0.2) is 0 Å². The molecule has 0 aliphatic rings. The summed E-state index contributed by atoms with van der Waals surface area (Å²) >= 11 is 3.39. The van der Waals surface area contributed by atoms with Gasteiger partial charge in [0.2, 0.25) is 0 Å². The average Bonchev–Trinajstić information content (AvgIpc) is 2.78. The highest BCUT2D eigenvalue weighted by molar-refractivity contribution is 9.10. The van der Waals surface area contributed by atoms with Crippen molar-refractivity contribution in [3.8, 4) is 0 Å². The molecule has 0 N–H and O–H groups in total. The van der Waals surface area contributed by atoms with Gasteiger partial charge in [0.25, 0.3) is 11.6 Å². The Morgan fingerprint density at radius 3 is 2.73 bits per heavy atom. The highest BCUT2D eigenvalue weighted by Crippen LogP contribution is 2.23. The van der Waals surface area contributed by atoms with Crippen LogP contribution < -0.4 is 0 Å². The average molecular weight is 367 g/mol. The number of benzene rings is 1. The first-order chi connectivity index (χ1) is 10.3. The minimum atomic E-state index is -0.482. The third kappa shape index (κ3) is 3.01. The summed E-state index contributed by atoms with van der Waals surface area (Å²) in [6.07, 6.45) is 1.66. The third-order valence-corrected chi connectivity index (χ3v) is 4.14. The summed E-state index contributed by atoms with van der Waals surface area (Å²) in [5.74, 6) is -0.269. The largest absolute Gasteiger partial charge is 0.336 e. The van der Waals surface area contributed by atoms with Crippen molar-refractivity contribution in [2.75, 3.05) is 7.05 Å². The molecule has 0 saturated heterocycles. The molecule has 0 aliphatic heterocycles. The van der Waals surface area contributed by atoms with E-state index < -0.39 is 4.92 Å². The molecular weight excluding hydrogens is 352 g/mol. The summed E-state index contributed by atoms with van der Waals surface area (Å²) in [7, 11) is 3.44. The number of aromatic nitrogens is 2. The van der Waals surface area contributed by atoms with Crippen molar-refractivity contribution in [2.24, 2.45) is 7.05 Å². The van der Waals surface area contributed by atoms with Gasteiger partial charge in [-0.2, -0.15) is 5.10 Å². The minimum absolute atomic E-state index is 0.0547. The van der Waals surface area contributed by atoms with E-state index in [9.17, 15) is 14.9 Å². The lowest BCUT2D eigenvalue weighted by Crippen LogP contribution is -2.28. The fraction of sp³-hybridized carbons (Fsp3) is 0.286. The lowest BCUT2D eigenvalue weighted by atomic mass is 10.1. The van der Waals surface area contributed by atoms with Gasteiger partial charge in [-0.15, -0.1) is 0 Å². The first kappa shape index (κ1) is 16.2. The number of carbonyl (C=O) groups excluding carboxylic acids is 1. The maximum Gasteiger partial charge on any atom is 0.273 e. The number of hydrogen-bond donors (Lipinski definition) is 0. The standard InChI is InChI=1S/C14H15BrN4O3/c1-9-10(5-4-6-12(9)19(21)22)14(20)17(2)8-13-11(15)7-16-18(13)3/h4-7H,8H2,1-3H3. The van der Waals surface area contributed by atoms with E-state index in [1.807, 2.05) is 0 Å². The minimum Gasteiger partial charge on any atom is -0.336 e. The van der Waals surface area contributed by atoms with Gasteiger partial charge in [0, 0.05) is 31.3 Å². The number of hydrogen-bond acceptors (Lipinski definition) is 4. The molecule has 0 bridgehead atoms. The zero-order valence-corrected chi connectivity index (χ0v) is 14.0. The molecule has 2 rings (SSSR count). The van der Waals surface area contributed by atoms with Crippen LogP contribution in [0.5, 0.6) is 0 Å². The van der Waals surface area contributed by atoms with Crippen LogP contribution in [0.15, 0.2) is 28.9 Å². The zero-order valence-electron chi connectivity index (χ0n) is 12.4. The molecule has 0 radical (unpaired) electrons. The van der Waals surface area contributed by atoms with E-state index in [2.05, 4.69) is 21.0 Å². The number of aryl methyl sites for hydroxylation is 1. The Morgan fingerprint density at radius 1 is 1.50 bits per heavy atom. The number of halogens is 1. The van der Waals surface area contributed by atoms with Gasteiger partial charge in [-0.1, -0.05) is 6.07 Å². The van der Waals surface area contributed by atoms with Crippen LogP contribution in [0.25, 0.3) is 0 Å². The van der Waals surface area contributed by atoms with Gasteiger partial charge in [-0.3, -0.25) is 19.6 Å². The maximum atomic E-state index is 12.5. The van der Waals surface area contributed by atoms with Gasteiger partial charge in [0.05, 0.1) is 27.8 Å². The topological polar surface area (TPSA) is 81.3 Å². The molecule has 8 heteroatoms. The van der Waals surface area contributed by atoms with E-state index in [1.165, 1.54) is 17.0 Å². The van der Waals surface area contributed by atoms with Crippen LogP contribution in [-0.2, 0) is 13.6 Å². The number of carbonyl (C=O) groups is 1. The first-order valence-electron chi connectivity index (χ1n) is 6.48. The van der Waals surface area contributed by atoms with Gasteiger partial charge >= 0.3 is 0 Å². The maximum absolute atomic E-state index is 12.5. The van der Waals surface area contributed by atoms with Crippen molar-refractivity contribution in [2.45, 2.75) is 13.5 Å². The molecule has 0 aliphatic carbocycles. The molecule has 22 heavy (non-hydrogen) atoms. The molecule has 0 spiro atoms. The molecule has 0 atom stereocenters. The molecule has 1 aromatic heterocycles. The Kier molecular flexibility index (Phi) is 4.60. The number of rotatable bonds is 4. The van der Waals surface area contributed by atoms with Crippen LogP contribution in [0, 0.1) is 17.0 Å². The molecule has 0 unspecified atom stereocenters. The number of amides is 1. The molecule has 116 valence electrons. The van der Waals surface area contributed by atoms with Crippen molar-refractivity contribution in [3.05, 3.63) is 55.8 Å². The second-order valence-electron chi connectivity index (χ2n) is 4.93. The fourth-order valence-electron chi connectivity index (χ4n) is 2.17. The normalized spacial score (nSPS) is 10.5. The first-order valence-corrected chi connectivity index (χ1v) is 7.28. The van der Waals surface area contributed by atoms with Crippen LogP contribution in [-0.4, -0.2) is 32.6 Å². The predicted octanol–water partition coefficient (Wildman–Crippen LogP) is 2.67. The molecular formula is C14H15BrN4O3. The number of nitrogens with zero attached hydrogens (tertiary/aromatic N) is 4. The Morgan fingerprint density at radius 2 is 2.18 bits per heavy atom. The molecule has 7 nitrogen and oxygen atoms in total. The van der Waals surface area contributed by atoms with Crippen molar-refractivity contribution in [3.63, 3.8) is 0 Å². The quantitative estimate of drug-likeness (QED) is 0.615. The van der Waals surface area contributed by atoms with Gasteiger partial charge in [0.1, 0.15) is 0 Å². The highest BCUT2D eigenvalue weighted by Gasteiger charge is 2.21. The van der Waals surface area contributed by atoms with Crippen molar-refractivity contribution >= 4 is 27.5 Å². The molecule has 1 heterocycles. The fourth-order valence-corrected chi connectivity index (χ4v) is 2.64. The summed E-state index contributed by atoms with van der Waals surface area (Å²) in [4.78, 5) is 24.5. The van der Waals surface area contributed by atoms with E-state index >= 15 is 0 Å². The second kappa shape index (κ2) is 6.27. The van der Waals surface area contributed by atoms with Crippen LogP contribution >= 0.6 is 15.9 Å². The summed E-state index contributed by atoms with van der Waals surface area (Å²) in [6, 6.07) is 4.51. The summed E-state index contributed by atoms with van der Waals surface area (Å²) < 4.78 is 2.49. The van der Waals surface area contributed by atoms with Gasteiger partial charge in [-0.05, 0) is 28.9 Å². The molecule has 1 aromatic carbocycles.